The van der Waals surface area contributed by atoms with Crippen molar-refractivity contribution in [1.82, 2.24) is 35.2 Å². The first kappa shape index (κ1) is 19.1. The van der Waals surface area contributed by atoms with Gasteiger partial charge in [0.25, 0.3) is 0 Å². The molecule has 0 unspecified atom stereocenters. The molecule has 0 spiro atoms. The quantitative estimate of drug-likeness (QED) is 0.758. The second kappa shape index (κ2) is 8.32. The number of nitrogens with one attached hydrogen (secondary N) is 2. The third kappa shape index (κ3) is 4.93. The summed E-state index contributed by atoms with van der Waals surface area (Å²) in [5.41, 5.74) is 0. The highest BCUT2D eigenvalue weighted by atomic mass is 16.2. The van der Waals surface area contributed by atoms with Crippen molar-refractivity contribution in [1.29, 1.82) is 0 Å². The zero-order valence-corrected chi connectivity index (χ0v) is 16.1. The zero-order chi connectivity index (χ0) is 19.4. The number of nitrogens with zero attached hydrogens (tertiary/aromatic N) is 5. The molecule has 0 aromatic carbocycles. The Kier molecular flexibility index (Phi) is 5.88. The van der Waals surface area contributed by atoms with E-state index in [-0.39, 0.29) is 23.9 Å². The van der Waals surface area contributed by atoms with Crippen molar-refractivity contribution in [2.75, 3.05) is 6.54 Å². The largest absolute Gasteiger partial charge is 0.351 e. The van der Waals surface area contributed by atoms with Gasteiger partial charge in [-0.25, -0.2) is 4.98 Å². The van der Waals surface area contributed by atoms with Crippen molar-refractivity contribution >= 4 is 11.8 Å². The number of aromatic amines is 1. The lowest BCUT2D eigenvalue weighted by atomic mass is 10.1. The summed E-state index contributed by atoms with van der Waals surface area (Å²) < 4.78 is 1.74. The first-order valence-electron chi connectivity index (χ1n) is 9.37. The van der Waals surface area contributed by atoms with Gasteiger partial charge in [0.1, 0.15) is 5.82 Å². The highest BCUT2D eigenvalue weighted by Gasteiger charge is 2.38. The van der Waals surface area contributed by atoms with Gasteiger partial charge in [-0.1, -0.05) is 13.8 Å². The minimum atomic E-state index is -0.232. The van der Waals surface area contributed by atoms with E-state index in [0.717, 1.165) is 0 Å². The predicted octanol–water partition coefficient (Wildman–Crippen LogP) is 1.20. The molecule has 9 nitrogen and oxygen atoms in total. The van der Waals surface area contributed by atoms with Crippen LogP contribution < -0.4 is 5.32 Å². The number of carbonyl (C=O) groups excluding carboxylic acids is 2. The molecule has 1 fully saturated rings. The Bertz CT molecular complexity index is 769. The number of aromatic nitrogens is 5. The van der Waals surface area contributed by atoms with Crippen LogP contribution in [0, 0.1) is 12.8 Å². The van der Waals surface area contributed by atoms with Crippen molar-refractivity contribution in [3.05, 3.63) is 30.1 Å². The normalized spacial score (nSPS) is 19.6. The maximum atomic E-state index is 12.8. The van der Waals surface area contributed by atoms with Gasteiger partial charge < -0.3 is 10.2 Å². The van der Waals surface area contributed by atoms with Crippen LogP contribution in [0.15, 0.2) is 18.5 Å². The van der Waals surface area contributed by atoms with Crippen molar-refractivity contribution < 1.29 is 9.59 Å². The summed E-state index contributed by atoms with van der Waals surface area (Å²) >= 11 is 0. The van der Waals surface area contributed by atoms with E-state index in [2.05, 4.69) is 25.6 Å². The van der Waals surface area contributed by atoms with Crippen LogP contribution >= 0.6 is 0 Å². The first-order valence-corrected chi connectivity index (χ1v) is 9.37. The molecular weight excluding hydrogens is 346 g/mol. The molecule has 1 saturated heterocycles. The van der Waals surface area contributed by atoms with Gasteiger partial charge in [-0.2, -0.15) is 10.2 Å². The second-order valence-electron chi connectivity index (χ2n) is 7.46. The van der Waals surface area contributed by atoms with E-state index in [1.807, 2.05) is 33.0 Å². The zero-order valence-electron chi connectivity index (χ0n) is 16.1. The summed E-state index contributed by atoms with van der Waals surface area (Å²) in [7, 11) is 0. The molecule has 2 aromatic heterocycles. The number of carbonyl (C=O) groups is 2. The van der Waals surface area contributed by atoms with Gasteiger partial charge >= 0.3 is 0 Å². The average Bonchev–Trinajstić information content (AvgIpc) is 3.32. The van der Waals surface area contributed by atoms with Crippen LogP contribution in [0.4, 0.5) is 0 Å². The molecule has 2 atom stereocenters. The molecule has 1 aliphatic rings. The highest BCUT2D eigenvalue weighted by molar-refractivity contribution is 5.78. The Balaban J connectivity index is 1.67. The van der Waals surface area contributed by atoms with Gasteiger partial charge in [0.15, 0.2) is 5.82 Å². The van der Waals surface area contributed by atoms with Gasteiger partial charge in [0, 0.05) is 44.4 Å². The van der Waals surface area contributed by atoms with Crippen LogP contribution in [0.5, 0.6) is 0 Å². The fraction of sp³-hybridized carbons (Fsp3) is 0.611. The summed E-state index contributed by atoms with van der Waals surface area (Å²) in [6.45, 7) is 6.85. The molecule has 0 radical (unpaired) electrons. The third-order valence-electron chi connectivity index (χ3n) is 4.61. The highest BCUT2D eigenvalue weighted by Crippen LogP contribution is 2.31. The molecule has 2 N–H and O–H groups in total. The van der Waals surface area contributed by atoms with E-state index < -0.39 is 0 Å². The molecule has 2 amide bonds. The topological polar surface area (TPSA) is 109 Å². The van der Waals surface area contributed by atoms with Crippen LogP contribution in [0.25, 0.3) is 0 Å². The standard InChI is InChI=1S/C18H27N7O2/c1-12(2)9-16(26)21-14-10-15(18-20-13(3)22-23-18)25(11-14)17(27)5-8-24-7-4-6-19-24/h4,6-7,12,14-15H,5,8-11H2,1-3H3,(H,21,26)(H,20,22,23)/t14-,15-/m0/s1. The average molecular weight is 373 g/mol. The molecule has 9 heteroatoms. The molecule has 0 saturated carbocycles. The first-order chi connectivity index (χ1) is 12.9. The van der Waals surface area contributed by atoms with Crippen molar-refractivity contribution in [3.8, 4) is 0 Å². The maximum Gasteiger partial charge on any atom is 0.225 e. The van der Waals surface area contributed by atoms with Crippen LogP contribution in [0.2, 0.25) is 0 Å². The fourth-order valence-corrected chi connectivity index (χ4v) is 3.41. The SMILES string of the molecule is Cc1nc([C@@H]2C[C@H](NC(=O)CC(C)C)CN2C(=O)CCn2cccn2)n[nH]1. The maximum absolute atomic E-state index is 12.8. The number of rotatable bonds is 7. The molecular formula is C18H27N7O2. The Morgan fingerprint density at radius 1 is 1.41 bits per heavy atom. The van der Waals surface area contributed by atoms with Crippen LogP contribution in [-0.4, -0.2) is 54.3 Å². The monoisotopic (exact) mass is 373 g/mol. The second-order valence-corrected chi connectivity index (χ2v) is 7.46. The van der Waals surface area contributed by atoms with Crippen LogP contribution in [-0.2, 0) is 16.1 Å². The van der Waals surface area contributed by atoms with Crippen molar-refractivity contribution in [3.63, 3.8) is 0 Å². The Morgan fingerprint density at radius 2 is 2.22 bits per heavy atom. The van der Waals surface area contributed by atoms with Gasteiger partial charge in [-0.3, -0.25) is 19.4 Å². The molecule has 2 aromatic rings. The smallest absolute Gasteiger partial charge is 0.225 e. The van der Waals surface area contributed by atoms with E-state index in [9.17, 15) is 9.59 Å². The lowest BCUT2D eigenvalue weighted by Crippen LogP contribution is -2.39. The number of aryl methyl sites for hydroxylation is 2. The van der Waals surface area contributed by atoms with Crippen LogP contribution in [0.3, 0.4) is 0 Å². The number of hydrogen-bond acceptors (Lipinski definition) is 5. The van der Waals surface area contributed by atoms with Gasteiger partial charge in [0.05, 0.1) is 6.04 Å². The van der Waals surface area contributed by atoms with E-state index in [1.165, 1.54) is 0 Å². The summed E-state index contributed by atoms with van der Waals surface area (Å²) in [5.74, 6) is 1.63. The third-order valence-corrected chi connectivity index (χ3v) is 4.61. The van der Waals surface area contributed by atoms with E-state index in [4.69, 9.17) is 0 Å². The Hall–Kier alpha value is -2.71. The summed E-state index contributed by atoms with van der Waals surface area (Å²) in [6, 6.07) is 1.51. The van der Waals surface area contributed by atoms with E-state index >= 15 is 0 Å². The van der Waals surface area contributed by atoms with E-state index in [1.54, 1.807) is 15.8 Å². The van der Waals surface area contributed by atoms with Gasteiger partial charge in [-0.15, -0.1) is 0 Å². The van der Waals surface area contributed by atoms with Crippen molar-refractivity contribution in [2.24, 2.45) is 5.92 Å². The molecule has 27 heavy (non-hydrogen) atoms. The summed E-state index contributed by atoms with van der Waals surface area (Å²) in [4.78, 5) is 31.2. The van der Waals surface area contributed by atoms with Gasteiger partial charge in [-0.05, 0) is 25.3 Å². The van der Waals surface area contributed by atoms with Gasteiger partial charge in [0.2, 0.25) is 11.8 Å². The molecule has 3 rings (SSSR count). The number of hydrogen-bond donors (Lipinski definition) is 2. The molecule has 3 heterocycles. The number of H-pyrrole nitrogens is 1. The summed E-state index contributed by atoms with van der Waals surface area (Å²) in [6.07, 6.45) is 4.97. The lowest BCUT2D eigenvalue weighted by molar-refractivity contribution is -0.133. The Labute approximate surface area is 158 Å². The van der Waals surface area contributed by atoms with Crippen LogP contribution in [0.1, 0.15) is 50.8 Å². The van der Waals surface area contributed by atoms with Crippen molar-refractivity contribution in [2.45, 2.75) is 58.7 Å². The minimum Gasteiger partial charge on any atom is -0.351 e. The molecule has 0 bridgehead atoms. The number of likely N-dealkylation sites (tertiary alicyclic amines) is 1. The lowest BCUT2D eigenvalue weighted by Gasteiger charge is -2.22. The fourth-order valence-electron chi connectivity index (χ4n) is 3.41. The predicted molar refractivity (Wildman–Crippen MR) is 98.4 cm³/mol. The van der Waals surface area contributed by atoms with E-state index in [0.29, 0.717) is 49.9 Å². The molecule has 1 aliphatic heterocycles. The molecule has 0 aliphatic carbocycles. The molecule has 146 valence electrons. The number of amides is 2. The summed E-state index contributed by atoms with van der Waals surface area (Å²) in [5, 5.41) is 14.3. The Morgan fingerprint density at radius 3 is 2.85 bits per heavy atom. The minimum absolute atomic E-state index is 0.0126.